The van der Waals surface area contributed by atoms with Crippen LogP contribution in [0.3, 0.4) is 0 Å². The van der Waals surface area contributed by atoms with E-state index in [-0.39, 0.29) is 38.4 Å². The van der Waals surface area contributed by atoms with E-state index in [0.29, 0.717) is 19.7 Å². The minimum atomic E-state index is -0.914. The molecule has 0 radical (unpaired) electrons. The predicted molar refractivity (Wildman–Crippen MR) is 200 cm³/mol. The molecule has 49 heavy (non-hydrogen) atoms. The van der Waals surface area contributed by atoms with Crippen LogP contribution in [-0.4, -0.2) is 74.0 Å². The number of ketones is 2. The first-order valence-electron chi connectivity index (χ1n) is 18.6. The minimum Gasteiger partial charge on any atom is -0.480 e. The number of amides is 2. The topological polar surface area (TPSA) is 148 Å². The molecule has 0 aliphatic heterocycles. The van der Waals surface area contributed by atoms with Crippen molar-refractivity contribution in [2.75, 3.05) is 39.5 Å². The number of hydrogen-bond acceptors (Lipinski definition) is 7. The summed E-state index contributed by atoms with van der Waals surface area (Å²) in [4.78, 5) is 54.8. The van der Waals surface area contributed by atoms with Gasteiger partial charge in [0.15, 0.2) is 0 Å². The van der Waals surface area contributed by atoms with E-state index < -0.39 is 17.8 Å². The third kappa shape index (κ3) is 41.2. The monoisotopic (exact) mass is 697 g/mol. The van der Waals surface area contributed by atoms with Crippen LogP contribution in [-0.2, 0) is 33.4 Å². The van der Waals surface area contributed by atoms with Gasteiger partial charge in [-0.15, -0.1) is 0 Å². The van der Waals surface area contributed by atoms with E-state index in [1.165, 1.54) is 44.9 Å². The number of ether oxygens (including phenoxy) is 2. The summed E-state index contributed by atoms with van der Waals surface area (Å²) in [5.41, 5.74) is 0. The first-order valence-corrected chi connectivity index (χ1v) is 18.6. The van der Waals surface area contributed by atoms with Gasteiger partial charge in [0.1, 0.15) is 6.61 Å². The van der Waals surface area contributed by atoms with Crippen molar-refractivity contribution < 1.29 is 38.6 Å². The third-order valence-electron chi connectivity index (χ3n) is 7.40. The van der Waals surface area contributed by atoms with Crippen LogP contribution in [0.15, 0.2) is 24.3 Å². The van der Waals surface area contributed by atoms with Gasteiger partial charge in [0.25, 0.3) is 11.8 Å². The molecule has 10 heteroatoms. The van der Waals surface area contributed by atoms with Crippen molar-refractivity contribution in [3.8, 4) is 0 Å². The highest BCUT2D eigenvalue weighted by Gasteiger charge is 2.09. The van der Waals surface area contributed by atoms with Gasteiger partial charge in [0, 0.05) is 45.8 Å². The summed E-state index contributed by atoms with van der Waals surface area (Å²) in [6, 6.07) is 0. The van der Waals surface area contributed by atoms with Crippen LogP contribution < -0.4 is 10.6 Å². The van der Waals surface area contributed by atoms with Crippen LogP contribution in [0.5, 0.6) is 0 Å². The Bertz CT molecular complexity index is 873. The molecule has 0 unspecified atom stereocenters. The molecule has 0 spiro atoms. The summed E-state index contributed by atoms with van der Waals surface area (Å²) in [5, 5.41) is 13.7. The third-order valence-corrected chi connectivity index (χ3v) is 7.40. The van der Waals surface area contributed by atoms with Crippen LogP contribution in [0.25, 0.3) is 0 Å². The zero-order valence-electron chi connectivity index (χ0n) is 30.5. The number of unbranched alkanes of at least 4 members (excludes halogenated alkanes) is 14. The molecule has 10 nitrogen and oxygen atoms in total. The number of aliphatic carboxylic acids is 1. The van der Waals surface area contributed by atoms with E-state index in [0.717, 1.165) is 83.8 Å². The van der Waals surface area contributed by atoms with Gasteiger partial charge in [0.2, 0.25) is 11.6 Å². The van der Waals surface area contributed by atoms with Gasteiger partial charge in [0.05, 0.1) is 0 Å². The largest absolute Gasteiger partial charge is 0.480 e. The van der Waals surface area contributed by atoms with Gasteiger partial charge < -0.3 is 25.2 Å². The van der Waals surface area contributed by atoms with Crippen LogP contribution in [0.1, 0.15) is 157 Å². The second kappa shape index (κ2) is 41.3. The lowest BCUT2D eigenvalue weighted by Gasteiger charge is -2.02. The van der Waals surface area contributed by atoms with E-state index in [9.17, 15) is 24.0 Å². The number of carbonyl (C=O) groups is 5. The Morgan fingerprint density at radius 2 is 0.857 bits per heavy atom. The molecule has 0 aliphatic carbocycles. The quantitative estimate of drug-likeness (QED) is 0.0355. The Hall–Kier alpha value is -2.85. The fourth-order valence-corrected chi connectivity index (χ4v) is 4.47. The molecule has 0 rings (SSSR count). The number of rotatable bonds is 33. The molecule has 0 aromatic rings. The maximum atomic E-state index is 11.2. The molecule has 0 bridgehead atoms. The summed E-state index contributed by atoms with van der Waals surface area (Å²) in [7, 11) is 0. The van der Waals surface area contributed by atoms with Crippen molar-refractivity contribution in [2.45, 2.75) is 157 Å². The molecule has 0 atom stereocenters. The maximum absolute atomic E-state index is 11.2. The maximum Gasteiger partial charge on any atom is 0.329 e. The van der Waals surface area contributed by atoms with Gasteiger partial charge in [-0.3, -0.25) is 19.2 Å². The molecule has 0 aromatic carbocycles. The van der Waals surface area contributed by atoms with Crippen molar-refractivity contribution in [2.24, 2.45) is 0 Å². The van der Waals surface area contributed by atoms with E-state index in [4.69, 9.17) is 14.6 Å². The van der Waals surface area contributed by atoms with Crippen molar-refractivity contribution in [1.82, 2.24) is 10.6 Å². The normalized spacial score (nSPS) is 10.8. The van der Waals surface area contributed by atoms with Crippen molar-refractivity contribution in [1.29, 1.82) is 0 Å². The number of Topliss-reactive ketones (excluding diaryl/α,β-unsaturated/α-hetero) is 2. The molecular formula is C39H72N2O8. The number of hydrogen-bond donors (Lipinski definition) is 3. The van der Waals surface area contributed by atoms with Crippen LogP contribution in [0.4, 0.5) is 0 Å². The molecular weight excluding hydrogens is 624 g/mol. The summed E-state index contributed by atoms with van der Waals surface area (Å²) < 4.78 is 10.3. The van der Waals surface area contributed by atoms with Crippen molar-refractivity contribution >= 4 is 29.4 Å². The van der Waals surface area contributed by atoms with Crippen molar-refractivity contribution in [3.63, 3.8) is 0 Å². The molecule has 0 aliphatic rings. The lowest BCUT2D eigenvalue weighted by Crippen LogP contribution is -2.31. The second-order valence-electron chi connectivity index (χ2n) is 11.8. The van der Waals surface area contributed by atoms with Crippen LogP contribution in [0.2, 0.25) is 0 Å². The summed E-state index contributed by atoms with van der Waals surface area (Å²) in [6.45, 7) is 8.65. The van der Waals surface area contributed by atoms with E-state index in [2.05, 4.69) is 34.9 Å². The molecule has 0 heterocycles. The van der Waals surface area contributed by atoms with Gasteiger partial charge in [-0.1, -0.05) is 84.1 Å². The van der Waals surface area contributed by atoms with E-state index in [1.54, 1.807) is 13.8 Å². The molecule has 0 aromatic heterocycles. The lowest BCUT2D eigenvalue weighted by atomic mass is 10.1. The number of carboxylic acid groups (broad SMARTS) is 1. The predicted octanol–water partition coefficient (Wildman–Crippen LogP) is 8.07. The number of carbonyl (C=O) groups excluding carboxylic acids is 4. The highest BCUT2D eigenvalue weighted by atomic mass is 16.5. The molecule has 0 saturated carbocycles. The van der Waals surface area contributed by atoms with Gasteiger partial charge >= 0.3 is 5.97 Å². The minimum absolute atomic E-state index is 0. The first-order chi connectivity index (χ1) is 23.3. The fraction of sp³-hybridized carbons (Fsp3) is 0.769. The zero-order valence-corrected chi connectivity index (χ0v) is 30.5. The Morgan fingerprint density at radius 1 is 0.510 bits per heavy atom. The molecule has 0 fully saturated rings. The van der Waals surface area contributed by atoms with Crippen LogP contribution >= 0.6 is 0 Å². The summed E-state index contributed by atoms with van der Waals surface area (Å²) >= 11 is 0. The summed E-state index contributed by atoms with van der Waals surface area (Å²) in [6.07, 6.45) is 29.4. The summed E-state index contributed by atoms with van der Waals surface area (Å²) in [5.74, 6) is -2.51. The highest BCUT2D eigenvalue weighted by Crippen LogP contribution is 2.08. The number of allylic oxidation sites excluding steroid dienone is 4. The smallest absolute Gasteiger partial charge is 0.329 e. The SMILES string of the molecule is C.CCC(=O)C(=O)NCCCC/C=C\CCCCCCCOCC(=O)O.CCOCCCCCCC/C=C\CCCCNC(=O)C(=O)CC. The average Bonchev–Trinajstić information content (AvgIpc) is 3.08. The fourth-order valence-electron chi connectivity index (χ4n) is 4.47. The Morgan fingerprint density at radius 3 is 1.22 bits per heavy atom. The van der Waals surface area contributed by atoms with E-state index >= 15 is 0 Å². The molecule has 3 N–H and O–H groups in total. The molecule has 0 saturated heterocycles. The lowest BCUT2D eigenvalue weighted by molar-refractivity contribution is -0.142. The van der Waals surface area contributed by atoms with Gasteiger partial charge in [-0.2, -0.15) is 0 Å². The van der Waals surface area contributed by atoms with E-state index in [1.807, 2.05) is 6.92 Å². The Kier molecular flexibility index (Phi) is 42.6. The molecule has 2 amide bonds. The highest BCUT2D eigenvalue weighted by molar-refractivity contribution is 6.36. The molecule has 286 valence electrons. The second-order valence-corrected chi connectivity index (χ2v) is 11.8. The van der Waals surface area contributed by atoms with Crippen LogP contribution in [0, 0.1) is 0 Å². The Balaban J connectivity index is -0.000000849. The standard InChI is InChI=1S/C19H33NO5.C19H35NO3.CH4/c1-2-17(21)19(24)20-14-12-10-8-6-4-3-5-7-9-11-13-15-25-16-18(22)23;1-3-18(21)19(22)20-16-14-12-10-8-6-5-7-9-11-13-15-17-23-4-2;/h4,6H,2-3,5,7-16H2,1H3,(H,20,24)(H,22,23);6,8H,3-5,7,9-17H2,1-2H3,(H,20,22);1H4/b6-4-;8-6-;. The van der Waals surface area contributed by atoms with Gasteiger partial charge in [-0.25, -0.2) is 4.79 Å². The first kappa shape index (κ1) is 50.5. The number of nitrogens with one attached hydrogen (secondary N) is 2. The Labute approximate surface area is 298 Å². The van der Waals surface area contributed by atoms with Gasteiger partial charge in [-0.05, 0) is 84.0 Å². The zero-order chi connectivity index (χ0) is 35.9. The van der Waals surface area contributed by atoms with Crippen molar-refractivity contribution in [3.05, 3.63) is 24.3 Å². The number of carboxylic acids is 1. The average molecular weight is 697 g/mol.